The standard InChI is InChI=1S/C13H20N2O2S/c1-10-5-3-4-8-15(10)11-6-7-13(12(14)9-11)18(2,16)17/h6-7,9-10H,3-5,8,14H2,1-2H3. The zero-order valence-corrected chi connectivity index (χ0v) is 11.7. The molecule has 1 heterocycles. The van der Waals surface area contributed by atoms with Crippen molar-refractivity contribution in [1.82, 2.24) is 0 Å². The quantitative estimate of drug-likeness (QED) is 0.834. The highest BCUT2D eigenvalue weighted by Crippen LogP contribution is 2.29. The Balaban J connectivity index is 2.34. The lowest BCUT2D eigenvalue weighted by Gasteiger charge is -2.35. The van der Waals surface area contributed by atoms with Crippen molar-refractivity contribution in [2.24, 2.45) is 0 Å². The highest BCUT2D eigenvalue weighted by molar-refractivity contribution is 7.90. The van der Waals surface area contributed by atoms with Crippen molar-refractivity contribution >= 4 is 21.2 Å². The molecule has 1 atom stereocenters. The molecule has 0 amide bonds. The molecule has 5 heteroatoms. The van der Waals surface area contributed by atoms with Gasteiger partial charge in [0, 0.05) is 24.5 Å². The Hall–Kier alpha value is -1.23. The van der Waals surface area contributed by atoms with Crippen LogP contribution in [0.4, 0.5) is 11.4 Å². The summed E-state index contributed by atoms with van der Waals surface area (Å²) >= 11 is 0. The predicted molar refractivity (Wildman–Crippen MR) is 74.6 cm³/mol. The molecule has 1 aromatic carbocycles. The molecular formula is C13H20N2O2S. The second kappa shape index (κ2) is 4.80. The van der Waals surface area contributed by atoms with Crippen molar-refractivity contribution in [3.05, 3.63) is 18.2 Å². The van der Waals surface area contributed by atoms with E-state index in [4.69, 9.17) is 5.73 Å². The Bertz CT molecular complexity index is 540. The molecule has 1 saturated heterocycles. The Labute approximate surface area is 109 Å². The molecule has 1 aliphatic rings. The van der Waals surface area contributed by atoms with Crippen LogP contribution < -0.4 is 10.6 Å². The van der Waals surface area contributed by atoms with Crippen LogP contribution in [0.15, 0.2) is 23.1 Å². The second-order valence-corrected chi connectivity index (χ2v) is 7.02. The molecule has 1 fully saturated rings. The number of rotatable bonds is 2. The molecule has 4 nitrogen and oxygen atoms in total. The van der Waals surface area contributed by atoms with Gasteiger partial charge in [0.05, 0.1) is 10.6 Å². The van der Waals surface area contributed by atoms with Crippen molar-refractivity contribution in [1.29, 1.82) is 0 Å². The molecule has 1 aliphatic heterocycles. The van der Waals surface area contributed by atoms with Gasteiger partial charge in [-0.2, -0.15) is 0 Å². The molecule has 0 radical (unpaired) electrons. The maximum atomic E-state index is 11.5. The number of hydrogen-bond donors (Lipinski definition) is 1. The Kier molecular flexibility index (Phi) is 3.52. The fourth-order valence-corrected chi connectivity index (χ4v) is 3.34. The Morgan fingerprint density at radius 2 is 2.06 bits per heavy atom. The van der Waals surface area contributed by atoms with E-state index in [-0.39, 0.29) is 4.90 Å². The minimum absolute atomic E-state index is 0.218. The second-order valence-electron chi connectivity index (χ2n) is 5.03. The molecule has 0 aromatic heterocycles. The monoisotopic (exact) mass is 268 g/mol. The molecular weight excluding hydrogens is 248 g/mol. The molecule has 0 saturated carbocycles. The molecule has 1 aromatic rings. The first-order valence-corrected chi connectivity index (χ1v) is 8.15. The van der Waals surface area contributed by atoms with Crippen molar-refractivity contribution in [2.75, 3.05) is 23.4 Å². The van der Waals surface area contributed by atoms with Crippen LogP contribution in [-0.4, -0.2) is 27.3 Å². The zero-order chi connectivity index (χ0) is 13.3. The van der Waals surface area contributed by atoms with E-state index in [0.29, 0.717) is 11.7 Å². The van der Waals surface area contributed by atoms with Crippen LogP contribution in [0.25, 0.3) is 0 Å². The van der Waals surface area contributed by atoms with Gasteiger partial charge in [-0.05, 0) is 44.4 Å². The van der Waals surface area contributed by atoms with Crippen LogP contribution in [-0.2, 0) is 9.84 Å². The first kappa shape index (κ1) is 13.2. The van der Waals surface area contributed by atoms with Gasteiger partial charge in [0.25, 0.3) is 0 Å². The van der Waals surface area contributed by atoms with Crippen LogP contribution in [0.2, 0.25) is 0 Å². The van der Waals surface area contributed by atoms with E-state index in [1.54, 1.807) is 12.1 Å². The van der Waals surface area contributed by atoms with Crippen molar-refractivity contribution in [3.8, 4) is 0 Å². The Morgan fingerprint density at radius 1 is 1.33 bits per heavy atom. The maximum Gasteiger partial charge on any atom is 0.177 e. The third-order valence-electron chi connectivity index (χ3n) is 3.53. The van der Waals surface area contributed by atoms with Gasteiger partial charge in [-0.15, -0.1) is 0 Å². The summed E-state index contributed by atoms with van der Waals surface area (Å²) in [6.07, 6.45) is 4.79. The highest BCUT2D eigenvalue weighted by atomic mass is 32.2. The summed E-state index contributed by atoms with van der Waals surface area (Å²) in [5.41, 5.74) is 7.21. The molecule has 0 aliphatic carbocycles. The van der Waals surface area contributed by atoms with Crippen LogP contribution >= 0.6 is 0 Å². The highest BCUT2D eigenvalue weighted by Gasteiger charge is 2.20. The summed E-state index contributed by atoms with van der Waals surface area (Å²) in [6, 6.07) is 5.73. The lowest BCUT2D eigenvalue weighted by Crippen LogP contribution is -2.37. The average molecular weight is 268 g/mol. The Morgan fingerprint density at radius 3 is 2.61 bits per heavy atom. The zero-order valence-electron chi connectivity index (χ0n) is 10.9. The van der Waals surface area contributed by atoms with Crippen LogP contribution in [0.3, 0.4) is 0 Å². The summed E-state index contributed by atoms with van der Waals surface area (Å²) in [7, 11) is -3.24. The number of hydrogen-bond acceptors (Lipinski definition) is 4. The number of anilines is 2. The lowest BCUT2D eigenvalue weighted by molar-refractivity contribution is 0.485. The number of nitrogens with two attached hydrogens (primary N) is 1. The molecule has 2 N–H and O–H groups in total. The van der Waals surface area contributed by atoms with Crippen molar-refractivity contribution in [2.45, 2.75) is 37.1 Å². The third-order valence-corrected chi connectivity index (χ3v) is 4.70. The van der Waals surface area contributed by atoms with Gasteiger partial charge in [-0.25, -0.2) is 8.42 Å². The predicted octanol–water partition coefficient (Wildman–Crippen LogP) is 2.05. The summed E-state index contributed by atoms with van der Waals surface area (Å²) in [6.45, 7) is 3.21. The van der Waals surface area contributed by atoms with E-state index in [0.717, 1.165) is 12.2 Å². The van der Waals surface area contributed by atoms with E-state index in [9.17, 15) is 8.42 Å². The number of nitrogen functional groups attached to an aromatic ring is 1. The van der Waals surface area contributed by atoms with E-state index < -0.39 is 9.84 Å². The number of benzene rings is 1. The normalized spacial score (nSPS) is 21.0. The van der Waals surface area contributed by atoms with E-state index in [1.165, 1.54) is 25.5 Å². The topological polar surface area (TPSA) is 63.4 Å². The molecule has 1 unspecified atom stereocenters. The fourth-order valence-electron chi connectivity index (χ4n) is 2.53. The first-order chi connectivity index (χ1) is 8.39. The number of piperidine rings is 1. The van der Waals surface area contributed by atoms with E-state index >= 15 is 0 Å². The van der Waals surface area contributed by atoms with Crippen LogP contribution in [0.1, 0.15) is 26.2 Å². The van der Waals surface area contributed by atoms with Gasteiger partial charge < -0.3 is 10.6 Å². The summed E-state index contributed by atoms with van der Waals surface area (Å²) in [5, 5.41) is 0. The maximum absolute atomic E-state index is 11.5. The van der Waals surface area contributed by atoms with Gasteiger partial charge in [0.15, 0.2) is 9.84 Å². The summed E-state index contributed by atoms with van der Waals surface area (Å²) in [5.74, 6) is 0. The third kappa shape index (κ3) is 2.61. The lowest BCUT2D eigenvalue weighted by atomic mass is 10.0. The van der Waals surface area contributed by atoms with Gasteiger partial charge in [0.2, 0.25) is 0 Å². The summed E-state index contributed by atoms with van der Waals surface area (Å²) < 4.78 is 23.0. The van der Waals surface area contributed by atoms with Gasteiger partial charge in [-0.3, -0.25) is 0 Å². The minimum atomic E-state index is -3.24. The van der Waals surface area contributed by atoms with E-state index in [2.05, 4.69) is 11.8 Å². The van der Waals surface area contributed by atoms with Gasteiger partial charge >= 0.3 is 0 Å². The smallest absolute Gasteiger partial charge is 0.177 e. The minimum Gasteiger partial charge on any atom is -0.398 e. The van der Waals surface area contributed by atoms with Crippen LogP contribution in [0, 0.1) is 0 Å². The summed E-state index contributed by atoms with van der Waals surface area (Å²) in [4.78, 5) is 2.52. The van der Waals surface area contributed by atoms with Crippen molar-refractivity contribution < 1.29 is 8.42 Å². The number of nitrogens with zero attached hydrogens (tertiary/aromatic N) is 1. The molecule has 2 rings (SSSR count). The molecule has 100 valence electrons. The average Bonchev–Trinajstić information content (AvgIpc) is 2.27. The largest absolute Gasteiger partial charge is 0.398 e. The van der Waals surface area contributed by atoms with Crippen molar-refractivity contribution in [3.63, 3.8) is 0 Å². The molecule has 0 spiro atoms. The fraction of sp³-hybridized carbons (Fsp3) is 0.538. The van der Waals surface area contributed by atoms with Gasteiger partial charge in [-0.1, -0.05) is 0 Å². The molecule has 18 heavy (non-hydrogen) atoms. The van der Waals surface area contributed by atoms with Gasteiger partial charge in [0.1, 0.15) is 0 Å². The molecule has 0 bridgehead atoms. The number of sulfone groups is 1. The van der Waals surface area contributed by atoms with E-state index in [1.807, 2.05) is 6.07 Å². The SMILES string of the molecule is CC1CCCCN1c1ccc(S(C)(=O)=O)c(N)c1. The van der Waals surface area contributed by atoms with Crippen LogP contribution in [0.5, 0.6) is 0 Å². The first-order valence-electron chi connectivity index (χ1n) is 6.26.